The summed E-state index contributed by atoms with van der Waals surface area (Å²) in [5, 5.41) is 21.6. The molecule has 0 saturated heterocycles. The van der Waals surface area contributed by atoms with Gasteiger partial charge in [0.15, 0.2) is 0 Å². The molecule has 29 heavy (non-hydrogen) atoms. The number of esters is 1. The van der Waals surface area contributed by atoms with Crippen molar-refractivity contribution >= 4 is 5.97 Å². The predicted molar refractivity (Wildman–Crippen MR) is 120 cm³/mol. The molecule has 1 aliphatic carbocycles. The number of aliphatic hydroxyl groups is 2. The van der Waals surface area contributed by atoms with Gasteiger partial charge in [-0.05, 0) is 51.4 Å². The molecule has 1 saturated carbocycles. The lowest BCUT2D eigenvalue weighted by molar-refractivity contribution is -0.143. The van der Waals surface area contributed by atoms with E-state index < -0.39 is 5.60 Å². The highest BCUT2D eigenvalue weighted by Gasteiger charge is 2.32. The van der Waals surface area contributed by atoms with Crippen LogP contribution in [-0.4, -0.2) is 34.5 Å². The third kappa shape index (κ3) is 9.65. The van der Waals surface area contributed by atoms with Crippen LogP contribution in [-0.2, 0) is 9.53 Å². The fraction of sp³-hybridized carbons (Fsp3) is 0.880. The number of hydrogen-bond acceptors (Lipinski definition) is 4. The maximum Gasteiger partial charge on any atom is 0.305 e. The highest BCUT2D eigenvalue weighted by molar-refractivity contribution is 5.69. The van der Waals surface area contributed by atoms with Crippen LogP contribution in [0.4, 0.5) is 0 Å². The molecule has 0 spiro atoms. The molecule has 1 fully saturated rings. The molecule has 2 N–H and O–H groups in total. The average molecular weight is 411 g/mol. The fourth-order valence-corrected chi connectivity index (χ4v) is 4.42. The summed E-state index contributed by atoms with van der Waals surface area (Å²) in [6.07, 6.45) is 14.4. The number of hydrogen-bond donors (Lipinski definition) is 2. The van der Waals surface area contributed by atoms with Gasteiger partial charge < -0.3 is 14.9 Å². The largest absolute Gasteiger partial charge is 0.466 e. The molecular formula is C25H46O4. The second-order valence-electron chi connectivity index (χ2n) is 9.17. The van der Waals surface area contributed by atoms with Gasteiger partial charge >= 0.3 is 5.97 Å². The minimum atomic E-state index is -0.632. The Labute approximate surface area is 179 Å². The minimum Gasteiger partial charge on any atom is -0.466 e. The highest BCUT2D eigenvalue weighted by Crippen LogP contribution is 2.37. The zero-order valence-corrected chi connectivity index (χ0v) is 19.4. The Bertz CT molecular complexity index is 485. The summed E-state index contributed by atoms with van der Waals surface area (Å²) in [5.74, 6) is 0.382. The molecule has 1 rings (SSSR count). The Hall–Kier alpha value is -0.870. The standard InChI is InChI=1S/C25H46O4/c1-5-7-12-18-25(28,20(3)4)19-17-21-15-16-23(26)22(21)13-10-8-9-11-14-24(27)29-6-2/h17,20,22-23,26,28H,5-16,18-19H2,1-4H3/t22-,23-,25?/m1/s1. The van der Waals surface area contributed by atoms with Gasteiger partial charge in [0, 0.05) is 12.3 Å². The smallest absolute Gasteiger partial charge is 0.305 e. The number of unbranched alkanes of at least 4 members (excludes halogenated alkanes) is 5. The molecule has 0 heterocycles. The van der Waals surface area contributed by atoms with E-state index in [1.54, 1.807) is 0 Å². The first kappa shape index (κ1) is 26.2. The van der Waals surface area contributed by atoms with Gasteiger partial charge in [-0.3, -0.25) is 4.79 Å². The van der Waals surface area contributed by atoms with Crippen molar-refractivity contribution in [1.82, 2.24) is 0 Å². The topological polar surface area (TPSA) is 66.8 Å². The van der Waals surface area contributed by atoms with Gasteiger partial charge in [-0.2, -0.15) is 0 Å². The molecule has 0 radical (unpaired) electrons. The van der Waals surface area contributed by atoms with Crippen molar-refractivity contribution in [2.45, 2.75) is 123 Å². The van der Waals surface area contributed by atoms with Crippen molar-refractivity contribution in [1.29, 1.82) is 0 Å². The monoisotopic (exact) mass is 410 g/mol. The third-order valence-electron chi connectivity index (χ3n) is 6.63. The van der Waals surface area contributed by atoms with Crippen molar-refractivity contribution in [2.24, 2.45) is 11.8 Å². The van der Waals surface area contributed by atoms with E-state index >= 15 is 0 Å². The second kappa shape index (κ2) is 14.2. The summed E-state index contributed by atoms with van der Waals surface area (Å²) in [7, 11) is 0. The quantitative estimate of drug-likeness (QED) is 0.199. The van der Waals surface area contributed by atoms with Crippen LogP contribution in [0.3, 0.4) is 0 Å². The molecule has 0 aromatic heterocycles. The van der Waals surface area contributed by atoms with Crippen molar-refractivity contribution < 1.29 is 19.7 Å². The van der Waals surface area contributed by atoms with Crippen LogP contribution in [0.5, 0.6) is 0 Å². The van der Waals surface area contributed by atoms with E-state index in [1.807, 2.05) is 6.92 Å². The van der Waals surface area contributed by atoms with Crippen molar-refractivity contribution in [2.75, 3.05) is 6.61 Å². The van der Waals surface area contributed by atoms with Gasteiger partial charge in [-0.15, -0.1) is 0 Å². The number of ether oxygens (including phenoxy) is 1. The molecule has 0 bridgehead atoms. The van der Waals surface area contributed by atoms with Crippen LogP contribution in [0, 0.1) is 11.8 Å². The van der Waals surface area contributed by atoms with Gasteiger partial charge in [-0.25, -0.2) is 0 Å². The van der Waals surface area contributed by atoms with Crippen molar-refractivity contribution in [3.63, 3.8) is 0 Å². The lowest BCUT2D eigenvalue weighted by atomic mass is 9.81. The lowest BCUT2D eigenvalue weighted by Crippen LogP contribution is -2.34. The summed E-state index contributed by atoms with van der Waals surface area (Å²) in [5.41, 5.74) is 0.714. The minimum absolute atomic E-state index is 0.0967. The maximum atomic E-state index is 11.4. The number of rotatable bonds is 15. The molecule has 4 heteroatoms. The zero-order chi connectivity index (χ0) is 21.7. The molecule has 1 aliphatic rings. The highest BCUT2D eigenvalue weighted by atomic mass is 16.5. The van der Waals surface area contributed by atoms with Crippen LogP contribution in [0.15, 0.2) is 11.6 Å². The van der Waals surface area contributed by atoms with E-state index in [2.05, 4.69) is 26.8 Å². The SMILES string of the molecule is CCCCCC(O)(CC=C1CC[C@@H](O)[C@@H]1CCCCCCC(=O)OCC)C(C)C. The Kier molecular flexibility index (Phi) is 12.8. The summed E-state index contributed by atoms with van der Waals surface area (Å²) < 4.78 is 4.96. The Morgan fingerprint density at radius 3 is 2.55 bits per heavy atom. The van der Waals surface area contributed by atoms with E-state index in [0.29, 0.717) is 19.4 Å². The normalized spacial score (nSPS) is 22.9. The Balaban J connectivity index is 2.46. The Morgan fingerprint density at radius 1 is 1.17 bits per heavy atom. The van der Waals surface area contributed by atoms with Crippen LogP contribution < -0.4 is 0 Å². The summed E-state index contributed by atoms with van der Waals surface area (Å²) in [6.45, 7) is 8.71. The molecular weight excluding hydrogens is 364 g/mol. The molecule has 1 unspecified atom stereocenters. The van der Waals surface area contributed by atoms with Gasteiger partial charge in [0.2, 0.25) is 0 Å². The zero-order valence-electron chi connectivity index (χ0n) is 19.4. The first-order valence-electron chi connectivity index (χ1n) is 12.1. The molecule has 0 aliphatic heterocycles. The molecule has 0 aromatic rings. The second-order valence-corrected chi connectivity index (χ2v) is 9.17. The third-order valence-corrected chi connectivity index (χ3v) is 6.63. The van der Waals surface area contributed by atoms with Crippen molar-refractivity contribution in [3.8, 4) is 0 Å². The van der Waals surface area contributed by atoms with Crippen LogP contribution in [0.25, 0.3) is 0 Å². The summed E-state index contributed by atoms with van der Waals surface area (Å²) >= 11 is 0. The van der Waals surface area contributed by atoms with Gasteiger partial charge in [0.1, 0.15) is 0 Å². The summed E-state index contributed by atoms with van der Waals surface area (Å²) in [6, 6.07) is 0. The van der Waals surface area contributed by atoms with Crippen molar-refractivity contribution in [3.05, 3.63) is 11.6 Å². The van der Waals surface area contributed by atoms with E-state index in [0.717, 1.165) is 57.8 Å². The molecule has 0 aromatic carbocycles. The van der Waals surface area contributed by atoms with E-state index in [4.69, 9.17) is 4.74 Å². The molecule has 4 nitrogen and oxygen atoms in total. The number of carbonyl (C=O) groups excluding carboxylic acids is 1. The average Bonchev–Trinajstić information content (AvgIpc) is 3.03. The van der Waals surface area contributed by atoms with Gasteiger partial charge in [0.25, 0.3) is 0 Å². The van der Waals surface area contributed by atoms with Gasteiger partial charge in [0.05, 0.1) is 18.3 Å². The number of carbonyl (C=O) groups is 1. The first-order chi connectivity index (χ1) is 13.8. The van der Waals surface area contributed by atoms with Crippen LogP contribution in [0.2, 0.25) is 0 Å². The maximum absolute atomic E-state index is 11.4. The predicted octanol–water partition coefficient (Wildman–Crippen LogP) is 5.94. The first-order valence-corrected chi connectivity index (χ1v) is 12.1. The Morgan fingerprint density at radius 2 is 1.90 bits per heavy atom. The van der Waals surface area contributed by atoms with Crippen LogP contribution >= 0.6 is 0 Å². The van der Waals surface area contributed by atoms with Gasteiger partial charge in [-0.1, -0.05) is 70.9 Å². The van der Waals surface area contributed by atoms with E-state index in [9.17, 15) is 15.0 Å². The summed E-state index contributed by atoms with van der Waals surface area (Å²) in [4.78, 5) is 11.4. The molecule has 170 valence electrons. The molecule has 0 amide bonds. The molecule has 3 atom stereocenters. The van der Waals surface area contributed by atoms with E-state index in [-0.39, 0.29) is 23.9 Å². The lowest BCUT2D eigenvalue weighted by Gasteiger charge is -2.32. The van der Waals surface area contributed by atoms with Crippen LogP contribution in [0.1, 0.15) is 111 Å². The fourth-order valence-electron chi connectivity index (χ4n) is 4.42. The van der Waals surface area contributed by atoms with E-state index in [1.165, 1.54) is 18.4 Å². The number of aliphatic hydroxyl groups excluding tert-OH is 1.